The third kappa shape index (κ3) is 5.04. The molecule has 0 spiro atoms. The zero-order chi connectivity index (χ0) is 20.4. The van der Waals surface area contributed by atoms with E-state index >= 15 is 0 Å². The van der Waals surface area contributed by atoms with Crippen LogP contribution in [0.25, 0.3) is 6.08 Å². The molecule has 0 atom stereocenters. The van der Waals surface area contributed by atoms with Crippen molar-refractivity contribution in [2.75, 3.05) is 6.54 Å². The van der Waals surface area contributed by atoms with Crippen LogP contribution in [-0.4, -0.2) is 37.4 Å². The lowest BCUT2D eigenvalue weighted by Gasteiger charge is -2.32. The van der Waals surface area contributed by atoms with E-state index in [1.54, 1.807) is 0 Å². The minimum atomic E-state index is -3.10. The molecule has 2 rings (SSSR count). The molecule has 27 heavy (non-hydrogen) atoms. The van der Waals surface area contributed by atoms with Gasteiger partial charge in [0.2, 0.25) is 5.91 Å². The van der Waals surface area contributed by atoms with Gasteiger partial charge < -0.3 is 19.4 Å². The van der Waals surface area contributed by atoms with Crippen LogP contribution < -0.4 is 10.1 Å². The first-order valence-corrected chi connectivity index (χ1v) is 8.47. The van der Waals surface area contributed by atoms with Gasteiger partial charge in [0.05, 0.1) is 16.8 Å². The third-order valence-corrected chi connectivity index (χ3v) is 4.66. The maximum atomic E-state index is 14.3. The summed E-state index contributed by atoms with van der Waals surface area (Å²) in [4.78, 5) is 11.3. The molecule has 9 heteroatoms. The van der Waals surface area contributed by atoms with Crippen molar-refractivity contribution in [3.63, 3.8) is 0 Å². The van der Waals surface area contributed by atoms with Crippen LogP contribution >= 0.6 is 0 Å². The molecule has 0 radical (unpaired) electrons. The first-order chi connectivity index (χ1) is 12.4. The van der Waals surface area contributed by atoms with E-state index in [-0.39, 0.29) is 23.8 Å². The second-order valence-electron chi connectivity index (χ2n) is 7.25. The largest absolute Gasteiger partial charge is 0.492 e. The predicted molar refractivity (Wildman–Crippen MR) is 95.8 cm³/mol. The van der Waals surface area contributed by atoms with Gasteiger partial charge in [-0.05, 0) is 45.3 Å². The Morgan fingerprint density at radius 2 is 1.85 bits per heavy atom. The van der Waals surface area contributed by atoms with Gasteiger partial charge in [-0.25, -0.2) is 4.39 Å². The number of benzene rings is 1. The molecule has 1 aromatic carbocycles. The van der Waals surface area contributed by atoms with Crippen molar-refractivity contribution in [3.05, 3.63) is 35.1 Å². The van der Waals surface area contributed by atoms with Gasteiger partial charge in [-0.3, -0.25) is 4.79 Å². The van der Waals surface area contributed by atoms with Crippen LogP contribution in [0, 0.1) is 5.82 Å². The molecule has 0 aliphatic carbocycles. The maximum Gasteiger partial charge on any atom is 0.492 e. The summed E-state index contributed by atoms with van der Waals surface area (Å²) in [5.74, 6) is -1.37. The van der Waals surface area contributed by atoms with E-state index in [4.69, 9.17) is 9.31 Å². The number of amides is 1. The molecular formula is C18H23BF3NO4. The fourth-order valence-electron chi connectivity index (χ4n) is 2.46. The molecule has 0 aromatic heterocycles. The topological polar surface area (TPSA) is 56.8 Å². The first kappa shape index (κ1) is 21.3. The Balaban J connectivity index is 2.45. The number of rotatable bonds is 6. The van der Waals surface area contributed by atoms with Gasteiger partial charge in [0.25, 0.3) is 0 Å². The Labute approximate surface area is 157 Å². The van der Waals surface area contributed by atoms with Crippen LogP contribution in [-0.2, 0) is 14.1 Å². The predicted octanol–water partition coefficient (Wildman–Crippen LogP) is 3.58. The number of nitrogens with one attached hydrogen (secondary N) is 1. The fourth-order valence-corrected chi connectivity index (χ4v) is 2.46. The highest BCUT2D eigenvalue weighted by Crippen LogP contribution is 2.39. The second kappa shape index (κ2) is 7.94. The summed E-state index contributed by atoms with van der Waals surface area (Å²) in [6.07, 6.45) is 1.31. The summed E-state index contributed by atoms with van der Waals surface area (Å²) in [5.41, 5.74) is -1.13. The van der Waals surface area contributed by atoms with Gasteiger partial charge in [-0.2, -0.15) is 8.78 Å². The van der Waals surface area contributed by atoms with E-state index in [1.165, 1.54) is 25.1 Å². The van der Waals surface area contributed by atoms with Crippen molar-refractivity contribution in [3.8, 4) is 5.75 Å². The van der Waals surface area contributed by atoms with Gasteiger partial charge in [-0.1, -0.05) is 12.1 Å². The number of hydrogen-bond donors (Lipinski definition) is 1. The van der Waals surface area contributed by atoms with E-state index < -0.39 is 30.7 Å². The number of halogens is 3. The van der Waals surface area contributed by atoms with Crippen LogP contribution in [0.3, 0.4) is 0 Å². The Hall–Kier alpha value is -2.00. The molecule has 1 aromatic rings. The summed E-state index contributed by atoms with van der Waals surface area (Å²) in [7, 11) is -0.888. The molecule has 0 unspecified atom stereocenters. The molecular weight excluding hydrogens is 362 g/mol. The van der Waals surface area contributed by atoms with Crippen molar-refractivity contribution in [1.82, 2.24) is 5.32 Å². The summed E-state index contributed by atoms with van der Waals surface area (Å²) in [5, 5.41) is 2.60. The molecule has 0 saturated carbocycles. The average molecular weight is 385 g/mol. The summed E-state index contributed by atoms with van der Waals surface area (Å²) < 4.78 is 55.9. The highest BCUT2D eigenvalue weighted by Gasteiger charge is 2.52. The van der Waals surface area contributed by atoms with Gasteiger partial charge in [0, 0.05) is 13.5 Å². The van der Waals surface area contributed by atoms with E-state index in [9.17, 15) is 18.0 Å². The summed E-state index contributed by atoms with van der Waals surface area (Å²) in [6.45, 7) is 5.60. The van der Waals surface area contributed by atoms with Gasteiger partial charge >= 0.3 is 13.7 Å². The number of carbonyl (C=O) groups is 1. The van der Waals surface area contributed by atoms with Crippen molar-refractivity contribution in [2.24, 2.45) is 0 Å². The van der Waals surface area contributed by atoms with Gasteiger partial charge in [0.15, 0.2) is 0 Å². The first-order valence-electron chi connectivity index (χ1n) is 8.47. The van der Waals surface area contributed by atoms with E-state index in [2.05, 4.69) is 10.1 Å². The molecule has 1 fully saturated rings. The minimum Gasteiger partial charge on any atom is -0.434 e. The molecule has 0 bridgehead atoms. The lowest BCUT2D eigenvalue weighted by atomic mass is 9.76. The number of carbonyl (C=O) groups excluding carboxylic acids is 1. The smallest absolute Gasteiger partial charge is 0.434 e. The Morgan fingerprint density at radius 3 is 2.37 bits per heavy atom. The lowest BCUT2D eigenvalue weighted by molar-refractivity contribution is -0.118. The highest BCUT2D eigenvalue weighted by molar-refractivity contribution is 6.56. The van der Waals surface area contributed by atoms with Crippen LogP contribution in [0.2, 0.25) is 0 Å². The Bertz CT molecular complexity index is 721. The van der Waals surface area contributed by atoms with E-state index in [0.717, 1.165) is 6.07 Å². The molecule has 1 aliphatic heterocycles. The van der Waals surface area contributed by atoms with Crippen molar-refractivity contribution in [2.45, 2.75) is 52.4 Å². The average Bonchev–Trinajstić information content (AvgIpc) is 2.73. The fraction of sp³-hybridized carbons (Fsp3) is 0.500. The van der Waals surface area contributed by atoms with Crippen LogP contribution in [0.5, 0.6) is 5.75 Å². The number of hydrogen-bond acceptors (Lipinski definition) is 4. The quantitative estimate of drug-likeness (QED) is 0.761. The SMILES string of the molecule is CC(=O)NCC(=Cc1c(F)cccc1OC(F)F)B1OC(C)(C)C(C)(C)O1. The summed E-state index contributed by atoms with van der Waals surface area (Å²) in [6, 6.07) is 3.64. The Kier molecular flexibility index (Phi) is 6.26. The Morgan fingerprint density at radius 1 is 1.26 bits per heavy atom. The molecule has 1 heterocycles. The molecule has 1 amide bonds. The van der Waals surface area contributed by atoms with Gasteiger partial charge in [0.1, 0.15) is 11.6 Å². The van der Waals surface area contributed by atoms with Crippen molar-refractivity contribution < 1.29 is 32.0 Å². The number of ether oxygens (including phenoxy) is 1. The van der Waals surface area contributed by atoms with Crippen LogP contribution in [0.1, 0.15) is 40.2 Å². The maximum absolute atomic E-state index is 14.3. The highest BCUT2D eigenvalue weighted by atomic mass is 19.3. The minimum absolute atomic E-state index is 0.00534. The van der Waals surface area contributed by atoms with Crippen LogP contribution in [0.15, 0.2) is 23.7 Å². The monoisotopic (exact) mass is 385 g/mol. The standard InChI is InChI=1S/C18H23BF3NO4/c1-11(24)23-10-12(19-26-17(2,3)18(4,5)27-19)9-13-14(20)7-6-8-15(13)25-16(21)22/h6-9,16H,10H2,1-5H3,(H,23,24). The van der Waals surface area contributed by atoms with Crippen molar-refractivity contribution >= 4 is 19.1 Å². The van der Waals surface area contributed by atoms with Crippen LogP contribution in [0.4, 0.5) is 13.2 Å². The normalized spacial score (nSPS) is 18.7. The zero-order valence-electron chi connectivity index (χ0n) is 15.9. The molecule has 1 aliphatic rings. The third-order valence-electron chi connectivity index (χ3n) is 4.66. The van der Waals surface area contributed by atoms with Gasteiger partial charge in [-0.15, -0.1) is 0 Å². The van der Waals surface area contributed by atoms with E-state index in [1.807, 2.05) is 27.7 Å². The molecule has 148 valence electrons. The lowest BCUT2D eigenvalue weighted by Crippen LogP contribution is -2.41. The van der Waals surface area contributed by atoms with E-state index in [0.29, 0.717) is 5.47 Å². The van der Waals surface area contributed by atoms with Crippen molar-refractivity contribution in [1.29, 1.82) is 0 Å². The summed E-state index contributed by atoms with van der Waals surface area (Å²) >= 11 is 0. The molecule has 5 nitrogen and oxygen atoms in total. The number of alkyl halides is 2. The molecule has 1 N–H and O–H groups in total. The zero-order valence-corrected chi connectivity index (χ0v) is 15.9. The molecule has 1 saturated heterocycles. The second-order valence-corrected chi connectivity index (χ2v) is 7.25.